The van der Waals surface area contributed by atoms with Gasteiger partial charge >= 0.3 is 0 Å². The monoisotopic (exact) mass is 236 g/mol. The Kier molecular flexibility index (Phi) is 5.48. The van der Waals surface area contributed by atoms with Crippen molar-refractivity contribution in [1.82, 2.24) is 4.90 Å². The van der Waals surface area contributed by atoms with Crippen molar-refractivity contribution in [2.45, 2.75) is 38.5 Å². The number of hydrogen-bond donors (Lipinski definition) is 1. The molecule has 1 saturated heterocycles. The van der Waals surface area contributed by atoms with Gasteiger partial charge in [-0.2, -0.15) is 5.26 Å². The van der Waals surface area contributed by atoms with E-state index in [1.807, 2.05) is 6.07 Å². The van der Waals surface area contributed by atoms with Gasteiger partial charge in [-0.25, -0.2) is 0 Å². The molecule has 0 spiro atoms. The van der Waals surface area contributed by atoms with Crippen LogP contribution < -0.4 is 0 Å². The number of ether oxygens (including phenoxy) is 1. The van der Waals surface area contributed by atoms with Crippen LogP contribution in [0.25, 0.3) is 0 Å². The zero-order valence-electron chi connectivity index (χ0n) is 9.85. The Balaban J connectivity index is 2.83. The molecule has 17 heavy (non-hydrogen) atoms. The molecule has 0 aliphatic carbocycles. The maximum absolute atomic E-state index is 11.8. The van der Waals surface area contributed by atoms with E-state index in [1.54, 1.807) is 6.92 Å². The Morgan fingerprint density at radius 1 is 1.71 bits per heavy atom. The molecule has 92 valence electrons. The molecule has 2 unspecified atom stereocenters. The minimum Gasteiger partial charge on any atom is -0.394 e. The van der Waals surface area contributed by atoms with Crippen molar-refractivity contribution in [1.29, 1.82) is 5.26 Å². The van der Waals surface area contributed by atoms with Gasteiger partial charge in [0.05, 0.1) is 18.7 Å². The number of aliphatic hydroxyl groups is 1. The molecule has 0 aromatic rings. The molecule has 2 atom stereocenters. The van der Waals surface area contributed by atoms with Crippen LogP contribution >= 0.6 is 0 Å². The van der Waals surface area contributed by atoms with Crippen molar-refractivity contribution < 1.29 is 14.6 Å². The van der Waals surface area contributed by atoms with E-state index in [1.165, 1.54) is 4.90 Å². The molecule has 5 heteroatoms. The number of amides is 1. The van der Waals surface area contributed by atoms with Gasteiger partial charge < -0.3 is 14.7 Å². The Hall–Kier alpha value is -1.56. The Bertz CT molecular complexity index is 364. The molecular formula is C12H16N2O3. The van der Waals surface area contributed by atoms with E-state index >= 15 is 0 Å². The summed E-state index contributed by atoms with van der Waals surface area (Å²) >= 11 is 0. The molecule has 0 radical (unpaired) electrons. The number of nitriles is 1. The predicted octanol–water partition coefficient (Wildman–Crippen LogP) is 0.249. The summed E-state index contributed by atoms with van der Waals surface area (Å²) in [4.78, 5) is 13.3. The van der Waals surface area contributed by atoms with E-state index in [4.69, 9.17) is 10.00 Å². The summed E-state index contributed by atoms with van der Waals surface area (Å²) in [5.41, 5.74) is 0. The highest BCUT2D eigenvalue weighted by molar-refractivity contribution is 5.78. The van der Waals surface area contributed by atoms with E-state index in [9.17, 15) is 9.90 Å². The van der Waals surface area contributed by atoms with Crippen LogP contribution in [0.15, 0.2) is 0 Å². The summed E-state index contributed by atoms with van der Waals surface area (Å²) < 4.78 is 5.23. The van der Waals surface area contributed by atoms with Gasteiger partial charge in [0.25, 0.3) is 0 Å². The van der Waals surface area contributed by atoms with Crippen molar-refractivity contribution in [3.05, 3.63) is 0 Å². The number of likely N-dealkylation sites (tertiary alicyclic amines) is 1. The molecule has 1 aliphatic heterocycles. The van der Waals surface area contributed by atoms with Gasteiger partial charge in [-0.15, -0.1) is 5.92 Å². The second-order valence-electron chi connectivity index (χ2n) is 3.75. The molecule has 1 amide bonds. The maximum atomic E-state index is 11.8. The van der Waals surface area contributed by atoms with Crippen LogP contribution in [0, 0.1) is 23.2 Å². The SMILES string of the molecule is CC#CC(OCC#N)N1C(=O)CCCC1CO. The van der Waals surface area contributed by atoms with Crippen LogP contribution in [0.2, 0.25) is 0 Å². The number of carbonyl (C=O) groups excluding carboxylic acids is 1. The van der Waals surface area contributed by atoms with Crippen LogP contribution in [-0.4, -0.2) is 41.4 Å². The third-order valence-electron chi connectivity index (χ3n) is 2.65. The summed E-state index contributed by atoms with van der Waals surface area (Å²) in [6.45, 7) is 1.41. The quantitative estimate of drug-likeness (QED) is 0.710. The number of nitrogens with zero attached hydrogens (tertiary/aromatic N) is 2. The predicted molar refractivity (Wildman–Crippen MR) is 60.4 cm³/mol. The first kappa shape index (κ1) is 13.5. The van der Waals surface area contributed by atoms with Crippen molar-refractivity contribution in [2.75, 3.05) is 13.2 Å². The molecule has 0 bridgehead atoms. The Morgan fingerprint density at radius 2 is 2.47 bits per heavy atom. The molecule has 0 aromatic carbocycles. The van der Waals surface area contributed by atoms with Gasteiger partial charge in [0.15, 0.2) is 6.23 Å². The summed E-state index contributed by atoms with van der Waals surface area (Å²) in [6.07, 6.45) is 1.21. The van der Waals surface area contributed by atoms with Crippen molar-refractivity contribution in [2.24, 2.45) is 0 Å². The number of piperidine rings is 1. The first-order valence-electron chi connectivity index (χ1n) is 5.57. The second-order valence-corrected chi connectivity index (χ2v) is 3.75. The lowest BCUT2D eigenvalue weighted by atomic mass is 10.0. The minimum atomic E-state index is -0.732. The summed E-state index contributed by atoms with van der Waals surface area (Å²) in [6, 6.07) is 1.59. The van der Waals surface area contributed by atoms with Gasteiger partial charge in [-0.1, -0.05) is 0 Å². The lowest BCUT2D eigenvalue weighted by molar-refractivity contribution is -0.150. The number of carbonyl (C=O) groups is 1. The Morgan fingerprint density at radius 3 is 3.06 bits per heavy atom. The van der Waals surface area contributed by atoms with Gasteiger partial charge in [0, 0.05) is 6.42 Å². The smallest absolute Gasteiger partial charge is 0.225 e. The van der Waals surface area contributed by atoms with Crippen LogP contribution in [-0.2, 0) is 9.53 Å². The normalized spacial score (nSPS) is 21.4. The van der Waals surface area contributed by atoms with Crippen LogP contribution in [0.4, 0.5) is 0 Å². The molecule has 1 aliphatic rings. The molecular weight excluding hydrogens is 220 g/mol. The fourth-order valence-corrected chi connectivity index (χ4v) is 1.89. The van der Waals surface area contributed by atoms with Crippen LogP contribution in [0.3, 0.4) is 0 Å². The number of aliphatic hydroxyl groups excluding tert-OH is 1. The highest BCUT2D eigenvalue weighted by Crippen LogP contribution is 2.21. The van der Waals surface area contributed by atoms with Gasteiger partial charge in [-0.05, 0) is 25.7 Å². The average Bonchev–Trinajstić information content (AvgIpc) is 2.34. The zero-order chi connectivity index (χ0) is 12.7. The average molecular weight is 236 g/mol. The van der Waals surface area contributed by atoms with Crippen LogP contribution in [0.1, 0.15) is 26.2 Å². The number of hydrogen-bond acceptors (Lipinski definition) is 4. The molecule has 1 N–H and O–H groups in total. The molecule has 0 aromatic heterocycles. The van der Waals surface area contributed by atoms with E-state index in [0.717, 1.165) is 12.8 Å². The molecule has 1 rings (SSSR count). The number of rotatable bonds is 4. The standard InChI is InChI=1S/C12H16N2O3/c1-2-4-12(17-8-7-13)14-10(9-15)5-3-6-11(14)16/h10,12,15H,3,5-6,8-9H2,1H3. The van der Waals surface area contributed by atoms with E-state index in [-0.39, 0.29) is 25.2 Å². The molecule has 1 fully saturated rings. The van der Waals surface area contributed by atoms with Crippen LogP contribution in [0.5, 0.6) is 0 Å². The largest absolute Gasteiger partial charge is 0.394 e. The molecule has 1 heterocycles. The zero-order valence-corrected chi connectivity index (χ0v) is 9.85. The summed E-state index contributed by atoms with van der Waals surface area (Å²) in [7, 11) is 0. The van der Waals surface area contributed by atoms with E-state index in [0.29, 0.717) is 6.42 Å². The maximum Gasteiger partial charge on any atom is 0.225 e. The first-order chi connectivity index (χ1) is 8.24. The molecule has 0 saturated carbocycles. The van der Waals surface area contributed by atoms with Crippen molar-refractivity contribution >= 4 is 5.91 Å². The van der Waals surface area contributed by atoms with Gasteiger partial charge in [0.2, 0.25) is 5.91 Å². The van der Waals surface area contributed by atoms with Gasteiger partial charge in [-0.3, -0.25) is 4.79 Å². The van der Waals surface area contributed by atoms with Crippen molar-refractivity contribution in [3.63, 3.8) is 0 Å². The fourth-order valence-electron chi connectivity index (χ4n) is 1.89. The summed E-state index contributed by atoms with van der Waals surface area (Å²) in [5.74, 6) is 5.35. The minimum absolute atomic E-state index is 0.0824. The molecule has 5 nitrogen and oxygen atoms in total. The fraction of sp³-hybridized carbons (Fsp3) is 0.667. The highest BCUT2D eigenvalue weighted by atomic mass is 16.5. The van der Waals surface area contributed by atoms with E-state index < -0.39 is 6.23 Å². The topological polar surface area (TPSA) is 73.6 Å². The van der Waals surface area contributed by atoms with Gasteiger partial charge in [0.1, 0.15) is 6.61 Å². The Labute approximate surface area is 101 Å². The lowest BCUT2D eigenvalue weighted by Crippen LogP contribution is -2.51. The highest BCUT2D eigenvalue weighted by Gasteiger charge is 2.33. The van der Waals surface area contributed by atoms with E-state index in [2.05, 4.69) is 11.8 Å². The van der Waals surface area contributed by atoms with Crippen molar-refractivity contribution in [3.8, 4) is 17.9 Å². The third kappa shape index (κ3) is 3.45. The first-order valence-corrected chi connectivity index (χ1v) is 5.57. The second kappa shape index (κ2) is 6.90. The lowest BCUT2D eigenvalue weighted by Gasteiger charge is -2.37. The summed E-state index contributed by atoms with van der Waals surface area (Å²) in [5, 5.41) is 17.8. The third-order valence-corrected chi connectivity index (χ3v) is 2.65.